The van der Waals surface area contributed by atoms with E-state index >= 15 is 0 Å². The molecule has 0 saturated heterocycles. The Bertz CT molecular complexity index is 1090. The van der Waals surface area contributed by atoms with Crippen molar-refractivity contribution in [2.24, 2.45) is 5.92 Å². The molecule has 0 fully saturated rings. The number of anilines is 2. The van der Waals surface area contributed by atoms with Crippen molar-refractivity contribution in [1.82, 2.24) is 20.1 Å². The molecule has 2 aromatic carbocycles. The molecule has 0 radical (unpaired) electrons. The highest BCUT2D eigenvalue weighted by Gasteiger charge is 2.17. The van der Waals surface area contributed by atoms with Crippen LogP contribution in [0.15, 0.2) is 54.9 Å². The van der Waals surface area contributed by atoms with Crippen molar-refractivity contribution in [3.63, 3.8) is 0 Å². The summed E-state index contributed by atoms with van der Waals surface area (Å²) in [5.41, 5.74) is 2.58. The molecule has 160 valence electrons. The van der Waals surface area contributed by atoms with E-state index in [1.54, 1.807) is 43.5 Å². The number of amides is 3. The fraction of sp³-hybridized carbons (Fsp3) is 0.227. The van der Waals surface area contributed by atoms with Crippen LogP contribution < -0.4 is 16.0 Å². The molecule has 1 aromatic heterocycles. The van der Waals surface area contributed by atoms with Crippen molar-refractivity contribution >= 4 is 29.1 Å². The van der Waals surface area contributed by atoms with Gasteiger partial charge in [0.1, 0.15) is 6.33 Å². The minimum absolute atomic E-state index is 0.0324. The zero-order chi connectivity index (χ0) is 22.4. The highest BCUT2D eigenvalue weighted by Crippen LogP contribution is 2.21. The van der Waals surface area contributed by atoms with E-state index in [1.807, 2.05) is 30.3 Å². The zero-order valence-corrected chi connectivity index (χ0v) is 17.5. The van der Waals surface area contributed by atoms with Gasteiger partial charge in [-0.2, -0.15) is 0 Å². The standard InChI is InChI=1S/C22H24N6O3/c1-14(2)20(29)25-16-10-9-15(3)18(11-16)26-22(31)21(30)23-12-19-27-24-13-28(19)17-7-5-4-6-8-17/h4-11,13-14H,12H2,1-3H3,(H,23,30)(H,25,29)(H,26,31). The summed E-state index contributed by atoms with van der Waals surface area (Å²) in [4.78, 5) is 36.6. The maximum atomic E-state index is 12.4. The Morgan fingerprint density at radius 1 is 1.00 bits per heavy atom. The molecule has 9 heteroatoms. The van der Waals surface area contributed by atoms with Crippen molar-refractivity contribution in [2.45, 2.75) is 27.3 Å². The first kappa shape index (κ1) is 21.7. The van der Waals surface area contributed by atoms with Crippen molar-refractivity contribution in [1.29, 1.82) is 0 Å². The molecule has 3 N–H and O–H groups in total. The molecule has 0 aliphatic heterocycles. The number of nitrogens with zero attached hydrogens (tertiary/aromatic N) is 3. The quantitative estimate of drug-likeness (QED) is 0.530. The monoisotopic (exact) mass is 420 g/mol. The second kappa shape index (κ2) is 9.66. The zero-order valence-electron chi connectivity index (χ0n) is 17.5. The van der Waals surface area contributed by atoms with Gasteiger partial charge in [-0.05, 0) is 36.8 Å². The molecular weight excluding hydrogens is 396 g/mol. The number of aromatic nitrogens is 3. The largest absolute Gasteiger partial charge is 0.341 e. The van der Waals surface area contributed by atoms with E-state index in [4.69, 9.17) is 0 Å². The smallest absolute Gasteiger partial charge is 0.313 e. The van der Waals surface area contributed by atoms with Crippen LogP contribution in [0.3, 0.4) is 0 Å². The Kier molecular flexibility index (Phi) is 6.76. The van der Waals surface area contributed by atoms with Crippen LogP contribution in [0.2, 0.25) is 0 Å². The van der Waals surface area contributed by atoms with E-state index < -0.39 is 11.8 Å². The van der Waals surface area contributed by atoms with E-state index in [1.165, 1.54) is 6.33 Å². The Balaban J connectivity index is 1.63. The maximum Gasteiger partial charge on any atom is 0.313 e. The van der Waals surface area contributed by atoms with Gasteiger partial charge in [0.15, 0.2) is 5.82 Å². The number of carbonyl (C=O) groups is 3. The molecule has 1 heterocycles. The molecular formula is C22H24N6O3. The number of para-hydroxylation sites is 1. The van der Waals surface area contributed by atoms with Crippen LogP contribution in [-0.4, -0.2) is 32.5 Å². The van der Waals surface area contributed by atoms with Crippen LogP contribution >= 0.6 is 0 Å². The minimum Gasteiger partial charge on any atom is -0.341 e. The van der Waals surface area contributed by atoms with E-state index in [-0.39, 0.29) is 18.4 Å². The molecule has 0 aliphatic carbocycles. The minimum atomic E-state index is -0.818. The van der Waals surface area contributed by atoms with Crippen LogP contribution in [-0.2, 0) is 20.9 Å². The van der Waals surface area contributed by atoms with Gasteiger partial charge in [-0.1, -0.05) is 38.1 Å². The molecule has 0 unspecified atom stereocenters. The summed E-state index contributed by atoms with van der Waals surface area (Å²) in [6.07, 6.45) is 1.54. The molecule has 3 aromatic rings. The summed E-state index contributed by atoms with van der Waals surface area (Å²) >= 11 is 0. The third kappa shape index (κ3) is 5.53. The van der Waals surface area contributed by atoms with Crippen molar-refractivity contribution in [2.75, 3.05) is 10.6 Å². The Labute approximate surface area is 179 Å². The van der Waals surface area contributed by atoms with Crippen LogP contribution in [0.5, 0.6) is 0 Å². The van der Waals surface area contributed by atoms with Gasteiger partial charge >= 0.3 is 11.8 Å². The van der Waals surface area contributed by atoms with Crippen LogP contribution in [0, 0.1) is 12.8 Å². The average Bonchev–Trinajstić information content (AvgIpc) is 3.23. The summed E-state index contributed by atoms with van der Waals surface area (Å²) in [5, 5.41) is 15.8. The highest BCUT2D eigenvalue weighted by atomic mass is 16.2. The van der Waals surface area contributed by atoms with Gasteiger partial charge in [0.25, 0.3) is 0 Å². The molecule has 0 saturated carbocycles. The highest BCUT2D eigenvalue weighted by molar-refractivity contribution is 6.39. The number of aryl methyl sites for hydroxylation is 1. The van der Waals surface area contributed by atoms with Gasteiger partial charge in [0.2, 0.25) is 5.91 Å². The molecule has 3 amide bonds. The Hall–Kier alpha value is -4.01. The predicted octanol–water partition coefficient (Wildman–Crippen LogP) is 2.43. The lowest BCUT2D eigenvalue weighted by atomic mass is 10.1. The Morgan fingerprint density at radius 2 is 1.74 bits per heavy atom. The van der Waals surface area contributed by atoms with E-state index in [0.29, 0.717) is 17.2 Å². The molecule has 0 atom stereocenters. The predicted molar refractivity (Wildman–Crippen MR) is 116 cm³/mol. The summed E-state index contributed by atoms with van der Waals surface area (Å²) in [6.45, 7) is 5.40. The van der Waals surface area contributed by atoms with Crippen LogP contribution in [0.25, 0.3) is 5.69 Å². The van der Waals surface area contributed by atoms with Gasteiger partial charge in [-0.3, -0.25) is 19.0 Å². The topological polar surface area (TPSA) is 118 Å². The molecule has 31 heavy (non-hydrogen) atoms. The van der Waals surface area contributed by atoms with E-state index in [2.05, 4.69) is 26.1 Å². The first-order valence-corrected chi connectivity index (χ1v) is 9.80. The summed E-state index contributed by atoms with van der Waals surface area (Å²) < 4.78 is 1.73. The molecule has 3 rings (SSSR count). The lowest BCUT2D eigenvalue weighted by Crippen LogP contribution is -2.35. The second-order valence-electron chi connectivity index (χ2n) is 7.26. The molecule has 0 spiro atoms. The number of nitrogens with one attached hydrogen (secondary N) is 3. The Morgan fingerprint density at radius 3 is 2.45 bits per heavy atom. The van der Waals surface area contributed by atoms with Crippen molar-refractivity contribution < 1.29 is 14.4 Å². The molecule has 9 nitrogen and oxygen atoms in total. The summed E-state index contributed by atoms with van der Waals surface area (Å²) in [6, 6.07) is 14.5. The van der Waals surface area contributed by atoms with Crippen LogP contribution in [0.1, 0.15) is 25.2 Å². The lowest BCUT2D eigenvalue weighted by Gasteiger charge is -2.13. The first-order chi connectivity index (χ1) is 14.8. The van der Waals surface area contributed by atoms with Gasteiger partial charge < -0.3 is 16.0 Å². The number of hydrogen-bond donors (Lipinski definition) is 3. The third-order valence-corrected chi connectivity index (χ3v) is 4.54. The van der Waals surface area contributed by atoms with Gasteiger partial charge in [0.05, 0.1) is 6.54 Å². The fourth-order valence-electron chi connectivity index (χ4n) is 2.72. The second-order valence-corrected chi connectivity index (χ2v) is 7.26. The fourth-order valence-corrected chi connectivity index (χ4v) is 2.72. The summed E-state index contributed by atoms with van der Waals surface area (Å²) in [5.74, 6) is -1.45. The first-order valence-electron chi connectivity index (χ1n) is 9.80. The normalized spacial score (nSPS) is 10.6. The van der Waals surface area contributed by atoms with E-state index in [0.717, 1.165) is 11.3 Å². The van der Waals surface area contributed by atoms with Crippen molar-refractivity contribution in [3.8, 4) is 5.69 Å². The van der Waals surface area contributed by atoms with Gasteiger partial charge in [0, 0.05) is 23.0 Å². The van der Waals surface area contributed by atoms with Crippen molar-refractivity contribution in [3.05, 3.63) is 66.2 Å². The third-order valence-electron chi connectivity index (χ3n) is 4.54. The number of rotatable bonds is 6. The average molecular weight is 420 g/mol. The van der Waals surface area contributed by atoms with E-state index in [9.17, 15) is 14.4 Å². The van der Waals surface area contributed by atoms with Gasteiger partial charge in [-0.25, -0.2) is 0 Å². The van der Waals surface area contributed by atoms with Crippen LogP contribution in [0.4, 0.5) is 11.4 Å². The SMILES string of the molecule is Cc1ccc(NC(=O)C(C)C)cc1NC(=O)C(=O)NCc1nncn1-c1ccccc1. The molecule has 0 bridgehead atoms. The summed E-state index contributed by atoms with van der Waals surface area (Å²) in [7, 11) is 0. The maximum absolute atomic E-state index is 12.4. The number of carbonyl (C=O) groups excluding carboxylic acids is 3. The molecule has 0 aliphatic rings. The number of benzene rings is 2. The lowest BCUT2D eigenvalue weighted by molar-refractivity contribution is -0.136. The number of hydrogen-bond acceptors (Lipinski definition) is 5. The van der Waals surface area contributed by atoms with Gasteiger partial charge in [-0.15, -0.1) is 10.2 Å².